The van der Waals surface area contributed by atoms with Crippen LogP contribution in [-0.4, -0.2) is 10.9 Å². The summed E-state index contributed by atoms with van der Waals surface area (Å²) in [5, 5.41) is 5.65. The number of nitrogens with one attached hydrogen (secondary N) is 1. The van der Waals surface area contributed by atoms with Crippen LogP contribution in [0.25, 0.3) is 11.3 Å². The average Bonchev–Trinajstić information content (AvgIpc) is 3.24. The first-order chi connectivity index (χ1) is 14.6. The monoisotopic (exact) mass is 412 g/mol. The zero-order valence-electron chi connectivity index (χ0n) is 17.1. The van der Waals surface area contributed by atoms with Gasteiger partial charge in [-0.3, -0.25) is 4.79 Å². The second kappa shape index (κ2) is 8.64. The Bertz CT molecular complexity index is 1070. The molecule has 0 bridgehead atoms. The molecule has 0 aliphatic carbocycles. The Morgan fingerprint density at radius 1 is 0.833 bits per heavy atom. The van der Waals surface area contributed by atoms with E-state index in [-0.39, 0.29) is 11.8 Å². The normalized spacial score (nSPS) is 11.4. The number of rotatable bonds is 6. The number of amides is 1. The number of hydrogen-bond acceptors (Lipinski definition) is 3. The molecule has 1 N–H and O–H groups in total. The van der Waals surface area contributed by atoms with Gasteiger partial charge in [0.1, 0.15) is 0 Å². The van der Waals surface area contributed by atoms with Gasteiger partial charge in [0.2, 0.25) is 5.91 Å². The maximum atomic E-state index is 13.4. The number of benzene rings is 3. The number of nitrogens with zero attached hydrogens (tertiary/aromatic N) is 1. The molecule has 0 saturated heterocycles. The van der Waals surface area contributed by atoms with Crippen molar-refractivity contribution in [2.24, 2.45) is 5.41 Å². The molecule has 4 aromatic rings. The molecule has 4 rings (SSSR count). The Morgan fingerprint density at radius 3 is 1.87 bits per heavy atom. The molecule has 0 fully saturated rings. The Kier molecular flexibility index (Phi) is 5.77. The van der Waals surface area contributed by atoms with Crippen LogP contribution in [0.5, 0.6) is 0 Å². The molecule has 0 saturated carbocycles. The van der Waals surface area contributed by atoms with Crippen LogP contribution in [0.15, 0.2) is 96.4 Å². The van der Waals surface area contributed by atoms with E-state index in [9.17, 15) is 4.79 Å². The third-order valence-electron chi connectivity index (χ3n) is 5.37. The van der Waals surface area contributed by atoms with E-state index in [0.29, 0.717) is 5.13 Å². The fourth-order valence-corrected chi connectivity index (χ4v) is 4.49. The van der Waals surface area contributed by atoms with Gasteiger partial charge in [-0.2, -0.15) is 0 Å². The lowest BCUT2D eigenvalue weighted by Crippen LogP contribution is -2.37. The summed E-state index contributed by atoms with van der Waals surface area (Å²) in [5.74, 6) is -0.123. The Labute approximate surface area is 181 Å². The average molecular weight is 413 g/mol. The molecule has 0 aliphatic rings. The summed E-state index contributed by atoms with van der Waals surface area (Å²) in [6, 6.07) is 30.4. The lowest BCUT2D eigenvalue weighted by Gasteiger charge is -2.33. The second-order valence-corrected chi connectivity index (χ2v) is 8.69. The van der Waals surface area contributed by atoms with Crippen LogP contribution < -0.4 is 5.32 Å². The van der Waals surface area contributed by atoms with Crippen molar-refractivity contribution in [1.29, 1.82) is 0 Å². The first-order valence-electron chi connectivity index (χ1n) is 9.98. The van der Waals surface area contributed by atoms with Crippen LogP contribution in [0.1, 0.15) is 30.9 Å². The zero-order chi connectivity index (χ0) is 21.0. The number of hydrogen-bond donors (Lipinski definition) is 1. The highest BCUT2D eigenvalue weighted by molar-refractivity contribution is 7.14. The summed E-state index contributed by atoms with van der Waals surface area (Å²) < 4.78 is 0. The summed E-state index contributed by atoms with van der Waals surface area (Å²) in [5.41, 5.74) is 3.47. The Balaban J connectivity index is 1.62. The van der Waals surface area contributed by atoms with Crippen molar-refractivity contribution in [1.82, 2.24) is 4.98 Å². The summed E-state index contributed by atoms with van der Waals surface area (Å²) in [7, 11) is 0. The smallest absolute Gasteiger partial charge is 0.232 e. The van der Waals surface area contributed by atoms with Crippen LogP contribution in [-0.2, 0) is 4.79 Å². The topological polar surface area (TPSA) is 42.0 Å². The third-order valence-corrected chi connectivity index (χ3v) is 6.12. The van der Waals surface area contributed by atoms with Gasteiger partial charge >= 0.3 is 0 Å². The van der Waals surface area contributed by atoms with Crippen molar-refractivity contribution in [2.45, 2.75) is 19.8 Å². The summed E-state index contributed by atoms with van der Waals surface area (Å²) in [4.78, 5) is 18.0. The standard InChI is InChI=1S/C26H24N2OS/c1-26(2,23(20-14-8-4-9-15-20)21-16-10-5-11-17-21)24(29)28-25-27-22(18-30-25)19-12-6-3-7-13-19/h3-18,23H,1-2H3,(H,27,28,29). The molecule has 0 spiro atoms. The van der Waals surface area contributed by atoms with Gasteiger partial charge in [-0.05, 0) is 11.1 Å². The quantitative estimate of drug-likeness (QED) is 0.387. The van der Waals surface area contributed by atoms with E-state index < -0.39 is 5.41 Å². The first kappa shape index (κ1) is 20.0. The van der Waals surface area contributed by atoms with Gasteiger partial charge in [0, 0.05) is 16.9 Å². The summed E-state index contributed by atoms with van der Waals surface area (Å²) >= 11 is 1.45. The van der Waals surface area contributed by atoms with Gasteiger partial charge in [-0.1, -0.05) is 105 Å². The maximum Gasteiger partial charge on any atom is 0.232 e. The lowest BCUT2D eigenvalue weighted by molar-refractivity contribution is -0.124. The minimum Gasteiger partial charge on any atom is -0.301 e. The van der Waals surface area contributed by atoms with Crippen molar-refractivity contribution in [3.63, 3.8) is 0 Å². The molecule has 0 unspecified atom stereocenters. The molecule has 150 valence electrons. The molecule has 3 aromatic carbocycles. The van der Waals surface area contributed by atoms with Crippen LogP contribution in [0, 0.1) is 5.41 Å². The third kappa shape index (κ3) is 4.19. The number of anilines is 1. The van der Waals surface area contributed by atoms with Crippen LogP contribution in [0.3, 0.4) is 0 Å². The summed E-state index contributed by atoms with van der Waals surface area (Å²) in [6.45, 7) is 4.00. The van der Waals surface area contributed by atoms with Gasteiger partial charge in [0.25, 0.3) is 0 Å². The molecular formula is C26H24N2OS. The number of carbonyl (C=O) groups excluding carboxylic acids is 1. The SMILES string of the molecule is CC(C)(C(=O)Nc1nc(-c2ccccc2)cs1)C(c1ccccc1)c1ccccc1. The molecule has 1 aromatic heterocycles. The van der Waals surface area contributed by atoms with Crippen molar-refractivity contribution in [3.05, 3.63) is 108 Å². The van der Waals surface area contributed by atoms with Crippen molar-refractivity contribution < 1.29 is 4.79 Å². The molecule has 4 heteroatoms. The number of thiazole rings is 1. The van der Waals surface area contributed by atoms with E-state index in [2.05, 4.69) is 34.6 Å². The second-order valence-electron chi connectivity index (χ2n) is 7.83. The number of carbonyl (C=O) groups is 1. The minimum absolute atomic E-state index is 0.0471. The molecular weight excluding hydrogens is 388 g/mol. The highest BCUT2D eigenvalue weighted by Gasteiger charge is 2.39. The van der Waals surface area contributed by atoms with Crippen molar-refractivity contribution in [3.8, 4) is 11.3 Å². The molecule has 0 atom stereocenters. The first-order valence-corrected chi connectivity index (χ1v) is 10.9. The largest absolute Gasteiger partial charge is 0.301 e. The van der Waals surface area contributed by atoms with Gasteiger partial charge in [0.15, 0.2) is 5.13 Å². The van der Waals surface area contributed by atoms with Gasteiger partial charge in [-0.25, -0.2) is 4.98 Å². The van der Waals surface area contributed by atoms with E-state index in [1.165, 1.54) is 11.3 Å². The van der Waals surface area contributed by atoms with E-state index in [4.69, 9.17) is 0 Å². The van der Waals surface area contributed by atoms with E-state index in [0.717, 1.165) is 22.4 Å². The minimum atomic E-state index is -0.679. The molecule has 1 amide bonds. The van der Waals surface area contributed by atoms with Gasteiger partial charge < -0.3 is 5.32 Å². The maximum absolute atomic E-state index is 13.4. The van der Waals surface area contributed by atoms with Crippen LogP contribution in [0.2, 0.25) is 0 Å². The fourth-order valence-electron chi connectivity index (χ4n) is 3.78. The lowest BCUT2D eigenvalue weighted by atomic mass is 9.70. The van der Waals surface area contributed by atoms with Crippen molar-refractivity contribution in [2.75, 3.05) is 5.32 Å². The Morgan fingerprint density at radius 2 is 1.33 bits per heavy atom. The van der Waals surface area contributed by atoms with Crippen molar-refractivity contribution >= 4 is 22.4 Å². The fraction of sp³-hybridized carbons (Fsp3) is 0.154. The molecule has 0 radical (unpaired) electrons. The van der Waals surface area contributed by atoms with E-state index in [1.54, 1.807) is 0 Å². The predicted octanol–water partition coefficient (Wildman–Crippen LogP) is 6.61. The molecule has 30 heavy (non-hydrogen) atoms. The van der Waals surface area contributed by atoms with E-state index >= 15 is 0 Å². The molecule has 1 heterocycles. The van der Waals surface area contributed by atoms with E-state index in [1.807, 2.05) is 86.0 Å². The Hall–Kier alpha value is -3.24. The highest BCUT2D eigenvalue weighted by atomic mass is 32.1. The highest BCUT2D eigenvalue weighted by Crippen LogP contribution is 2.42. The zero-order valence-corrected chi connectivity index (χ0v) is 17.9. The number of aromatic nitrogens is 1. The summed E-state index contributed by atoms with van der Waals surface area (Å²) in [6.07, 6.45) is 0. The molecule has 3 nitrogen and oxygen atoms in total. The van der Waals surface area contributed by atoms with Crippen LogP contribution >= 0.6 is 11.3 Å². The van der Waals surface area contributed by atoms with Gasteiger partial charge in [-0.15, -0.1) is 11.3 Å². The van der Waals surface area contributed by atoms with Gasteiger partial charge in [0.05, 0.1) is 11.1 Å². The van der Waals surface area contributed by atoms with Crippen LogP contribution in [0.4, 0.5) is 5.13 Å². The predicted molar refractivity (Wildman–Crippen MR) is 125 cm³/mol. The molecule has 0 aliphatic heterocycles.